The zero-order valence-electron chi connectivity index (χ0n) is 15.7. The normalized spacial score (nSPS) is 22.9. The first-order valence-electron chi connectivity index (χ1n) is 9.81. The number of pyridine rings is 1. The van der Waals surface area contributed by atoms with Crippen LogP contribution in [0.1, 0.15) is 23.2 Å². The zero-order valence-corrected chi connectivity index (χ0v) is 15.7. The third kappa shape index (κ3) is 4.57. The molecule has 1 spiro atoms. The molecule has 8 nitrogen and oxygen atoms in total. The highest BCUT2D eigenvalue weighted by molar-refractivity contribution is 5.94. The van der Waals surface area contributed by atoms with Gasteiger partial charge in [0.2, 0.25) is 0 Å². The minimum absolute atomic E-state index is 0.0762. The van der Waals surface area contributed by atoms with Gasteiger partial charge in [0.05, 0.1) is 32.0 Å². The molecule has 1 amide bonds. The zero-order chi connectivity index (χ0) is 18.5. The summed E-state index contributed by atoms with van der Waals surface area (Å²) in [4.78, 5) is 21.3. The van der Waals surface area contributed by atoms with E-state index >= 15 is 0 Å². The number of aromatic nitrogens is 1. The molecule has 3 aliphatic heterocycles. The Morgan fingerprint density at radius 3 is 2.48 bits per heavy atom. The van der Waals surface area contributed by atoms with E-state index in [1.54, 1.807) is 6.20 Å². The number of carbonyl (C=O) groups is 1. The second-order valence-corrected chi connectivity index (χ2v) is 7.21. The van der Waals surface area contributed by atoms with Gasteiger partial charge >= 0.3 is 0 Å². The quantitative estimate of drug-likeness (QED) is 0.801. The average Bonchev–Trinajstić information content (AvgIpc) is 3.17. The lowest BCUT2D eigenvalue weighted by atomic mass is 10.0. The summed E-state index contributed by atoms with van der Waals surface area (Å²) in [6.45, 7) is 7.95. The predicted octanol–water partition coefficient (Wildman–Crippen LogP) is 0.487. The Hall–Kier alpha value is -1.74. The van der Waals surface area contributed by atoms with Gasteiger partial charge in [0, 0.05) is 58.3 Å². The topological polar surface area (TPSA) is 76.2 Å². The van der Waals surface area contributed by atoms with Crippen molar-refractivity contribution in [1.82, 2.24) is 15.2 Å². The Kier molecular flexibility index (Phi) is 5.87. The number of anilines is 1. The van der Waals surface area contributed by atoms with Crippen LogP contribution in [0.5, 0.6) is 0 Å². The van der Waals surface area contributed by atoms with E-state index in [-0.39, 0.29) is 11.7 Å². The van der Waals surface area contributed by atoms with Crippen molar-refractivity contribution in [3.63, 3.8) is 0 Å². The molecule has 1 N–H and O–H groups in total. The largest absolute Gasteiger partial charge is 0.379 e. The van der Waals surface area contributed by atoms with E-state index in [9.17, 15) is 4.79 Å². The highest BCUT2D eigenvalue weighted by Gasteiger charge is 2.40. The fourth-order valence-electron chi connectivity index (χ4n) is 3.82. The van der Waals surface area contributed by atoms with Crippen molar-refractivity contribution in [3.05, 3.63) is 23.9 Å². The number of ether oxygens (including phenoxy) is 3. The molecule has 4 heterocycles. The molecule has 0 aliphatic carbocycles. The van der Waals surface area contributed by atoms with Gasteiger partial charge in [-0.1, -0.05) is 0 Å². The molecule has 4 rings (SSSR count). The van der Waals surface area contributed by atoms with Crippen molar-refractivity contribution in [2.75, 3.05) is 70.6 Å². The van der Waals surface area contributed by atoms with E-state index in [1.807, 2.05) is 12.1 Å². The van der Waals surface area contributed by atoms with Gasteiger partial charge in [0.25, 0.3) is 5.91 Å². The molecule has 3 saturated heterocycles. The number of morpholine rings is 1. The molecule has 0 radical (unpaired) electrons. The molecular formula is C19H28N4O4. The number of hydrogen-bond acceptors (Lipinski definition) is 7. The maximum Gasteiger partial charge on any atom is 0.252 e. The Bertz CT molecular complexity index is 617. The van der Waals surface area contributed by atoms with Crippen LogP contribution in [0.15, 0.2) is 18.3 Å². The third-order valence-electron chi connectivity index (χ3n) is 5.49. The number of piperidine rings is 1. The van der Waals surface area contributed by atoms with Crippen molar-refractivity contribution < 1.29 is 19.0 Å². The molecule has 0 saturated carbocycles. The van der Waals surface area contributed by atoms with Crippen LogP contribution in [0.3, 0.4) is 0 Å². The number of carbonyl (C=O) groups excluding carboxylic acids is 1. The van der Waals surface area contributed by atoms with Crippen molar-refractivity contribution in [2.24, 2.45) is 0 Å². The van der Waals surface area contributed by atoms with Gasteiger partial charge in [0.15, 0.2) is 5.79 Å². The maximum absolute atomic E-state index is 12.3. The summed E-state index contributed by atoms with van der Waals surface area (Å²) in [6, 6.07) is 3.77. The van der Waals surface area contributed by atoms with E-state index in [0.717, 1.165) is 64.6 Å². The molecule has 3 fully saturated rings. The molecule has 1 aromatic rings. The summed E-state index contributed by atoms with van der Waals surface area (Å²) in [6.07, 6.45) is 3.35. The number of nitrogens with one attached hydrogen (secondary N) is 1. The Morgan fingerprint density at radius 1 is 1.07 bits per heavy atom. The summed E-state index contributed by atoms with van der Waals surface area (Å²) in [5.41, 5.74) is 0.594. The SMILES string of the molecule is O=C(NCCN1CCOCC1)c1ccc(N2CCC3(CC2)OCCO3)nc1. The highest BCUT2D eigenvalue weighted by atomic mass is 16.7. The summed E-state index contributed by atoms with van der Waals surface area (Å²) in [5, 5.41) is 2.97. The minimum Gasteiger partial charge on any atom is -0.379 e. The first-order chi connectivity index (χ1) is 13.2. The number of hydrogen-bond donors (Lipinski definition) is 1. The fraction of sp³-hybridized carbons (Fsp3) is 0.684. The van der Waals surface area contributed by atoms with Crippen molar-refractivity contribution in [1.29, 1.82) is 0 Å². The lowest BCUT2D eigenvalue weighted by molar-refractivity contribution is -0.169. The molecule has 0 atom stereocenters. The number of rotatable bonds is 5. The molecule has 0 bridgehead atoms. The number of nitrogens with zero attached hydrogens (tertiary/aromatic N) is 3. The van der Waals surface area contributed by atoms with Crippen LogP contribution in [0, 0.1) is 0 Å². The van der Waals surface area contributed by atoms with Crippen molar-refractivity contribution in [3.8, 4) is 0 Å². The summed E-state index contributed by atoms with van der Waals surface area (Å²) in [5.74, 6) is 0.442. The molecule has 0 unspecified atom stereocenters. The first kappa shape index (κ1) is 18.6. The van der Waals surface area contributed by atoms with Crippen LogP contribution >= 0.6 is 0 Å². The Balaban J connectivity index is 1.24. The summed E-state index contributed by atoms with van der Waals surface area (Å²) >= 11 is 0. The second kappa shape index (κ2) is 8.52. The lowest BCUT2D eigenvalue weighted by Crippen LogP contribution is -2.45. The number of amides is 1. The lowest BCUT2D eigenvalue weighted by Gasteiger charge is -2.38. The van der Waals surface area contributed by atoms with Gasteiger partial charge in [-0.05, 0) is 12.1 Å². The van der Waals surface area contributed by atoms with Crippen LogP contribution in [-0.4, -0.2) is 87.3 Å². The Morgan fingerprint density at radius 2 is 1.81 bits per heavy atom. The predicted molar refractivity (Wildman–Crippen MR) is 99.9 cm³/mol. The van der Waals surface area contributed by atoms with E-state index < -0.39 is 0 Å². The monoisotopic (exact) mass is 376 g/mol. The van der Waals surface area contributed by atoms with Crippen molar-refractivity contribution >= 4 is 11.7 Å². The standard InChI is InChI=1S/C19H28N4O4/c24-18(20-5-8-22-9-11-25-12-10-22)16-1-2-17(21-15-16)23-6-3-19(4-7-23)26-13-14-27-19/h1-2,15H,3-14H2,(H,20,24). The molecule has 1 aromatic heterocycles. The van der Waals surface area contributed by atoms with Crippen LogP contribution in [-0.2, 0) is 14.2 Å². The minimum atomic E-state index is -0.378. The molecule has 27 heavy (non-hydrogen) atoms. The molecule has 3 aliphatic rings. The smallest absolute Gasteiger partial charge is 0.252 e. The molecular weight excluding hydrogens is 348 g/mol. The average molecular weight is 376 g/mol. The fourth-order valence-corrected chi connectivity index (χ4v) is 3.82. The van der Waals surface area contributed by atoms with E-state index in [1.165, 1.54) is 0 Å². The summed E-state index contributed by atoms with van der Waals surface area (Å²) < 4.78 is 16.9. The maximum atomic E-state index is 12.3. The second-order valence-electron chi connectivity index (χ2n) is 7.21. The highest BCUT2D eigenvalue weighted by Crippen LogP contribution is 2.32. The van der Waals surface area contributed by atoms with E-state index in [0.29, 0.717) is 25.3 Å². The van der Waals surface area contributed by atoms with Gasteiger partial charge in [-0.25, -0.2) is 4.98 Å². The van der Waals surface area contributed by atoms with E-state index in [4.69, 9.17) is 14.2 Å². The van der Waals surface area contributed by atoms with Gasteiger partial charge in [-0.2, -0.15) is 0 Å². The van der Waals surface area contributed by atoms with Gasteiger partial charge < -0.3 is 24.4 Å². The van der Waals surface area contributed by atoms with Crippen LogP contribution in [0.4, 0.5) is 5.82 Å². The first-order valence-corrected chi connectivity index (χ1v) is 9.81. The van der Waals surface area contributed by atoms with Crippen LogP contribution in [0.2, 0.25) is 0 Å². The molecule has 0 aromatic carbocycles. The molecule has 8 heteroatoms. The third-order valence-corrected chi connectivity index (χ3v) is 5.49. The van der Waals surface area contributed by atoms with Crippen molar-refractivity contribution in [2.45, 2.75) is 18.6 Å². The van der Waals surface area contributed by atoms with Gasteiger partial charge in [-0.15, -0.1) is 0 Å². The van der Waals surface area contributed by atoms with Gasteiger partial charge in [-0.3, -0.25) is 9.69 Å². The van der Waals surface area contributed by atoms with E-state index in [2.05, 4.69) is 20.1 Å². The Labute approximate surface area is 159 Å². The summed E-state index contributed by atoms with van der Waals surface area (Å²) in [7, 11) is 0. The molecule has 148 valence electrons. The van der Waals surface area contributed by atoms with Crippen LogP contribution in [0.25, 0.3) is 0 Å². The van der Waals surface area contributed by atoms with Crippen LogP contribution < -0.4 is 10.2 Å². The van der Waals surface area contributed by atoms with Gasteiger partial charge in [0.1, 0.15) is 5.82 Å².